The third-order valence-corrected chi connectivity index (χ3v) is 3.14. The summed E-state index contributed by atoms with van der Waals surface area (Å²) in [5, 5.41) is 8.74. The van der Waals surface area contributed by atoms with Crippen LogP contribution >= 0.6 is 0 Å². The standard InChI is InChI=1S/C14H28O5/c1-6-8-9-10-12(17-13(15)16)11(3)18-19-14(4,5)7-2/h11-12H,6-10H2,1-5H3,(H,15,16). The van der Waals surface area contributed by atoms with E-state index in [0.717, 1.165) is 25.7 Å². The van der Waals surface area contributed by atoms with Crippen LogP contribution in [0.1, 0.15) is 66.7 Å². The molecule has 0 spiro atoms. The van der Waals surface area contributed by atoms with Gasteiger partial charge >= 0.3 is 6.16 Å². The highest BCUT2D eigenvalue weighted by molar-refractivity contribution is 5.57. The molecule has 0 saturated heterocycles. The van der Waals surface area contributed by atoms with Gasteiger partial charge in [0, 0.05) is 0 Å². The molecule has 0 aromatic rings. The quantitative estimate of drug-likeness (QED) is 0.281. The minimum atomic E-state index is -1.27. The number of carboxylic acid groups (broad SMARTS) is 1. The number of hydrogen-bond donors (Lipinski definition) is 1. The fourth-order valence-electron chi connectivity index (χ4n) is 1.44. The lowest BCUT2D eigenvalue weighted by molar-refractivity contribution is -0.384. The molecule has 2 unspecified atom stereocenters. The van der Waals surface area contributed by atoms with E-state index in [0.29, 0.717) is 6.42 Å². The first-order chi connectivity index (χ1) is 8.82. The van der Waals surface area contributed by atoms with Crippen molar-refractivity contribution in [2.45, 2.75) is 84.5 Å². The van der Waals surface area contributed by atoms with Crippen LogP contribution in [0.2, 0.25) is 0 Å². The normalized spacial score (nSPS) is 15.0. The smallest absolute Gasteiger partial charge is 0.450 e. The lowest BCUT2D eigenvalue weighted by Crippen LogP contribution is -2.34. The predicted octanol–water partition coefficient (Wildman–Crippen LogP) is 4.16. The topological polar surface area (TPSA) is 65.0 Å². The van der Waals surface area contributed by atoms with Crippen molar-refractivity contribution in [3.63, 3.8) is 0 Å². The minimum Gasteiger partial charge on any atom is -0.450 e. The van der Waals surface area contributed by atoms with Crippen molar-refractivity contribution < 1.29 is 24.4 Å². The van der Waals surface area contributed by atoms with E-state index in [-0.39, 0.29) is 5.60 Å². The second-order valence-electron chi connectivity index (χ2n) is 5.42. The molecule has 5 heteroatoms. The lowest BCUT2D eigenvalue weighted by Gasteiger charge is -2.27. The van der Waals surface area contributed by atoms with Gasteiger partial charge in [0.05, 0.1) is 5.60 Å². The first kappa shape index (κ1) is 18.2. The van der Waals surface area contributed by atoms with Gasteiger partial charge in [0.15, 0.2) is 0 Å². The minimum absolute atomic E-state index is 0.383. The van der Waals surface area contributed by atoms with Crippen molar-refractivity contribution in [2.75, 3.05) is 0 Å². The van der Waals surface area contributed by atoms with Crippen molar-refractivity contribution in [3.8, 4) is 0 Å². The zero-order chi connectivity index (χ0) is 14.9. The Bertz CT molecular complexity index is 252. The molecule has 0 rings (SSSR count). The fraction of sp³-hybridized carbons (Fsp3) is 0.929. The molecule has 0 aliphatic heterocycles. The molecule has 0 aromatic heterocycles. The average molecular weight is 276 g/mol. The van der Waals surface area contributed by atoms with Crippen molar-refractivity contribution in [2.24, 2.45) is 0 Å². The van der Waals surface area contributed by atoms with Crippen molar-refractivity contribution in [1.29, 1.82) is 0 Å². The second-order valence-corrected chi connectivity index (χ2v) is 5.42. The highest BCUT2D eigenvalue weighted by Gasteiger charge is 2.26. The Morgan fingerprint density at radius 2 is 1.89 bits per heavy atom. The van der Waals surface area contributed by atoms with Crippen LogP contribution in [0.3, 0.4) is 0 Å². The zero-order valence-corrected chi connectivity index (χ0v) is 12.8. The molecule has 0 amide bonds. The van der Waals surface area contributed by atoms with Crippen molar-refractivity contribution in [1.82, 2.24) is 0 Å². The summed E-state index contributed by atoms with van der Waals surface area (Å²) in [7, 11) is 0. The second kappa shape index (κ2) is 9.15. The van der Waals surface area contributed by atoms with E-state index in [9.17, 15) is 4.79 Å². The van der Waals surface area contributed by atoms with Crippen LogP contribution in [-0.2, 0) is 14.5 Å². The van der Waals surface area contributed by atoms with E-state index in [1.807, 2.05) is 20.8 Å². The maximum atomic E-state index is 10.7. The van der Waals surface area contributed by atoms with Gasteiger partial charge in [-0.2, -0.15) is 0 Å². The first-order valence-electron chi connectivity index (χ1n) is 7.06. The molecule has 0 fully saturated rings. The molecule has 114 valence electrons. The van der Waals surface area contributed by atoms with Crippen LogP contribution < -0.4 is 0 Å². The third-order valence-electron chi connectivity index (χ3n) is 3.14. The fourth-order valence-corrected chi connectivity index (χ4v) is 1.44. The van der Waals surface area contributed by atoms with Crippen LogP contribution in [0.15, 0.2) is 0 Å². The number of hydrogen-bond acceptors (Lipinski definition) is 4. The summed E-state index contributed by atoms with van der Waals surface area (Å²) in [5.74, 6) is 0. The van der Waals surface area contributed by atoms with E-state index < -0.39 is 18.4 Å². The van der Waals surface area contributed by atoms with E-state index >= 15 is 0 Å². The van der Waals surface area contributed by atoms with Gasteiger partial charge in [-0.3, -0.25) is 0 Å². The summed E-state index contributed by atoms with van der Waals surface area (Å²) in [6, 6.07) is 0. The zero-order valence-electron chi connectivity index (χ0n) is 12.8. The molecule has 0 radical (unpaired) electrons. The van der Waals surface area contributed by atoms with Crippen LogP contribution in [0.25, 0.3) is 0 Å². The molecule has 19 heavy (non-hydrogen) atoms. The van der Waals surface area contributed by atoms with Gasteiger partial charge in [0.25, 0.3) is 0 Å². The number of carbonyl (C=O) groups is 1. The molecule has 1 N–H and O–H groups in total. The summed E-state index contributed by atoms with van der Waals surface area (Å²) >= 11 is 0. The van der Waals surface area contributed by atoms with Gasteiger partial charge in [0.1, 0.15) is 12.2 Å². The molecule has 0 aliphatic carbocycles. The summed E-state index contributed by atoms with van der Waals surface area (Å²) in [4.78, 5) is 21.3. The van der Waals surface area contributed by atoms with Crippen LogP contribution in [0, 0.1) is 0 Å². The Labute approximate surface area is 116 Å². The van der Waals surface area contributed by atoms with Gasteiger partial charge in [0.2, 0.25) is 0 Å². The molecule has 5 nitrogen and oxygen atoms in total. The SMILES string of the molecule is CCCCCC(OC(=O)O)C(C)OOC(C)(C)CC. The number of unbranched alkanes of at least 4 members (excludes halogenated alkanes) is 2. The van der Waals surface area contributed by atoms with E-state index in [2.05, 4.69) is 6.92 Å². The maximum absolute atomic E-state index is 10.7. The van der Waals surface area contributed by atoms with Crippen molar-refractivity contribution in [3.05, 3.63) is 0 Å². The van der Waals surface area contributed by atoms with Gasteiger partial charge in [-0.1, -0.05) is 26.7 Å². The van der Waals surface area contributed by atoms with Crippen LogP contribution in [-0.4, -0.2) is 29.1 Å². The molecule has 0 heterocycles. The van der Waals surface area contributed by atoms with Gasteiger partial charge in [-0.05, 0) is 40.0 Å². The largest absolute Gasteiger partial charge is 0.506 e. The van der Waals surface area contributed by atoms with Gasteiger partial charge < -0.3 is 9.84 Å². The lowest BCUT2D eigenvalue weighted by atomic mass is 10.1. The Morgan fingerprint density at radius 1 is 1.26 bits per heavy atom. The van der Waals surface area contributed by atoms with Gasteiger partial charge in [-0.15, -0.1) is 0 Å². The molecule has 0 bridgehead atoms. The molecule has 0 aromatic carbocycles. The molecule has 0 saturated carbocycles. The Hall–Kier alpha value is -0.810. The highest BCUT2D eigenvalue weighted by atomic mass is 17.2. The molecule has 0 aliphatic rings. The summed E-state index contributed by atoms with van der Waals surface area (Å²) < 4.78 is 4.87. The first-order valence-corrected chi connectivity index (χ1v) is 7.06. The van der Waals surface area contributed by atoms with Gasteiger partial charge in [-0.25, -0.2) is 14.6 Å². The Morgan fingerprint density at radius 3 is 2.37 bits per heavy atom. The predicted molar refractivity (Wildman–Crippen MR) is 73.0 cm³/mol. The Kier molecular flexibility index (Phi) is 8.76. The maximum Gasteiger partial charge on any atom is 0.506 e. The summed E-state index contributed by atoms with van der Waals surface area (Å²) in [5.41, 5.74) is -0.383. The highest BCUT2D eigenvalue weighted by Crippen LogP contribution is 2.19. The van der Waals surface area contributed by atoms with Crippen molar-refractivity contribution >= 4 is 6.16 Å². The third kappa shape index (κ3) is 8.83. The van der Waals surface area contributed by atoms with E-state index in [1.54, 1.807) is 6.92 Å². The number of rotatable bonds is 10. The summed E-state index contributed by atoms with van der Waals surface area (Å²) in [6.07, 6.45) is 2.32. The van der Waals surface area contributed by atoms with Crippen LogP contribution in [0.5, 0.6) is 0 Å². The molecular weight excluding hydrogens is 248 g/mol. The molecule has 2 atom stereocenters. The van der Waals surface area contributed by atoms with E-state index in [4.69, 9.17) is 19.6 Å². The molecular formula is C14H28O5. The van der Waals surface area contributed by atoms with Crippen LogP contribution in [0.4, 0.5) is 4.79 Å². The number of ether oxygens (including phenoxy) is 1. The Balaban J connectivity index is 4.28. The van der Waals surface area contributed by atoms with E-state index in [1.165, 1.54) is 0 Å². The monoisotopic (exact) mass is 276 g/mol. The average Bonchev–Trinajstić information content (AvgIpc) is 2.34. The summed E-state index contributed by atoms with van der Waals surface area (Å²) in [6.45, 7) is 9.71.